The van der Waals surface area contributed by atoms with E-state index >= 15 is 0 Å². The van der Waals surface area contributed by atoms with Crippen molar-refractivity contribution in [2.45, 2.75) is 0 Å². The zero-order valence-electron chi connectivity index (χ0n) is 9.06. The second kappa shape index (κ2) is 4.55. The van der Waals surface area contributed by atoms with Gasteiger partial charge in [-0.2, -0.15) is 4.98 Å². The number of hydrogen-bond acceptors (Lipinski definition) is 4. The molecule has 2 aromatic rings. The van der Waals surface area contributed by atoms with Gasteiger partial charge in [-0.05, 0) is 35.9 Å². The smallest absolute Gasteiger partial charge is 0.224 e. The monoisotopic (exact) mass is 252 g/mol. The van der Waals surface area contributed by atoms with Gasteiger partial charge in [-0.15, -0.1) is 0 Å². The fourth-order valence-corrected chi connectivity index (χ4v) is 1.52. The maximum Gasteiger partial charge on any atom is 0.224 e. The third kappa shape index (κ3) is 2.45. The molecule has 0 spiro atoms. The highest BCUT2D eigenvalue weighted by Gasteiger charge is 2.12. The summed E-state index contributed by atoms with van der Waals surface area (Å²) in [4.78, 5) is 8.98. The summed E-state index contributed by atoms with van der Waals surface area (Å²) < 4.78 is 13.5. The number of nitrogens with two attached hydrogens (primary N) is 1. The summed E-state index contributed by atoms with van der Waals surface area (Å²) in [7, 11) is 1.69. The van der Waals surface area contributed by atoms with Crippen molar-refractivity contribution in [3.05, 3.63) is 41.6 Å². The van der Waals surface area contributed by atoms with Gasteiger partial charge < -0.3 is 10.6 Å². The third-order valence-electron chi connectivity index (χ3n) is 2.29. The van der Waals surface area contributed by atoms with E-state index in [-0.39, 0.29) is 11.1 Å². The van der Waals surface area contributed by atoms with Gasteiger partial charge >= 0.3 is 0 Å². The zero-order valence-corrected chi connectivity index (χ0v) is 9.82. The number of nitrogens with zero attached hydrogens (tertiary/aromatic N) is 3. The first kappa shape index (κ1) is 11.6. The van der Waals surface area contributed by atoms with Crippen molar-refractivity contribution in [3.63, 3.8) is 0 Å². The van der Waals surface area contributed by atoms with Crippen LogP contribution in [0.2, 0.25) is 5.28 Å². The van der Waals surface area contributed by atoms with E-state index in [0.717, 1.165) is 11.9 Å². The topological polar surface area (TPSA) is 55.0 Å². The van der Waals surface area contributed by atoms with Crippen molar-refractivity contribution < 1.29 is 4.39 Å². The number of hydrogen-bond donors (Lipinski definition) is 1. The Labute approximate surface area is 103 Å². The van der Waals surface area contributed by atoms with Gasteiger partial charge in [0.05, 0.1) is 6.20 Å². The predicted octanol–water partition coefficient (Wildman–Crippen LogP) is 2.62. The van der Waals surface area contributed by atoms with E-state index in [9.17, 15) is 4.39 Å². The highest BCUT2D eigenvalue weighted by atomic mass is 35.5. The standard InChI is InChI=1S/C11H10ClFN4/c1-17(8-4-2-7(14)3-5-8)10-9(13)6-15-11(12)16-10/h2-6H,14H2,1H3. The lowest BCUT2D eigenvalue weighted by Crippen LogP contribution is -2.13. The van der Waals surface area contributed by atoms with Gasteiger partial charge in [-0.1, -0.05) is 0 Å². The van der Waals surface area contributed by atoms with Crippen LogP contribution < -0.4 is 10.6 Å². The van der Waals surface area contributed by atoms with Crippen LogP contribution in [0.5, 0.6) is 0 Å². The molecule has 2 N–H and O–H groups in total. The number of halogens is 2. The van der Waals surface area contributed by atoms with Gasteiger partial charge in [-0.25, -0.2) is 9.37 Å². The Bertz CT molecular complexity index is 529. The minimum absolute atomic E-state index is 0.00342. The van der Waals surface area contributed by atoms with Crippen molar-refractivity contribution in [2.24, 2.45) is 0 Å². The Morgan fingerprint density at radius 1 is 1.29 bits per heavy atom. The SMILES string of the molecule is CN(c1ccc(N)cc1)c1nc(Cl)ncc1F. The Kier molecular flexibility index (Phi) is 3.10. The minimum Gasteiger partial charge on any atom is -0.399 e. The molecule has 1 aromatic carbocycles. The summed E-state index contributed by atoms with van der Waals surface area (Å²) in [5.74, 6) is -0.413. The van der Waals surface area contributed by atoms with Crippen molar-refractivity contribution in [1.29, 1.82) is 0 Å². The summed E-state index contributed by atoms with van der Waals surface area (Å²) >= 11 is 5.64. The van der Waals surface area contributed by atoms with Crippen LogP contribution in [0, 0.1) is 5.82 Å². The third-order valence-corrected chi connectivity index (χ3v) is 2.48. The molecule has 0 aliphatic carbocycles. The molecule has 2 rings (SSSR count). The lowest BCUT2D eigenvalue weighted by Gasteiger charge is -2.18. The Hall–Kier alpha value is -1.88. The molecule has 0 atom stereocenters. The molecule has 0 amide bonds. The average Bonchev–Trinajstić information content (AvgIpc) is 2.32. The van der Waals surface area contributed by atoms with Gasteiger partial charge in [0, 0.05) is 18.4 Å². The maximum atomic E-state index is 13.5. The molecule has 4 nitrogen and oxygen atoms in total. The summed E-state index contributed by atoms with van der Waals surface area (Å²) in [6, 6.07) is 6.99. The Morgan fingerprint density at radius 2 is 1.94 bits per heavy atom. The van der Waals surface area contributed by atoms with Crippen molar-refractivity contribution >= 4 is 28.8 Å². The summed E-state index contributed by atoms with van der Waals surface area (Å²) in [5.41, 5.74) is 6.98. The first-order valence-electron chi connectivity index (χ1n) is 4.85. The lowest BCUT2D eigenvalue weighted by atomic mass is 10.2. The van der Waals surface area contributed by atoms with Crippen molar-refractivity contribution in [3.8, 4) is 0 Å². The van der Waals surface area contributed by atoms with Crippen LogP contribution in [0.4, 0.5) is 21.6 Å². The highest BCUT2D eigenvalue weighted by Crippen LogP contribution is 2.25. The van der Waals surface area contributed by atoms with E-state index in [1.807, 2.05) is 0 Å². The molecular weight excluding hydrogens is 243 g/mol. The molecule has 0 fully saturated rings. The number of anilines is 3. The number of rotatable bonds is 2. The Morgan fingerprint density at radius 3 is 2.59 bits per heavy atom. The van der Waals surface area contributed by atoms with E-state index < -0.39 is 5.82 Å². The van der Waals surface area contributed by atoms with Crippen LogP contribution in [-0.2, 0) is 0 Å². The van der Waals surface area contributed by atoms with E-state index in [0.29, 0.717) is 5.69 Å². The number of aromatic nitrogens is 2. The average molecular weight is 253 g/mol. The predicted molar refractivity (Wildman–Crippen MR) is 65.9 cm³/mol. The first-order chi connectivity index (χ1) is 8.08. The van der Waals surface area contributed by atoms with Gasteiger partial charge in [0.25, 0.3) is 0 Å². The Balaban J connectivity index is 2.39. The second-order valence-corrected chi connectivity index (χ2v) is 3.80. The molecule has 0 bridgehead atoms. The number of benzene rings is 1. The quantitative estimate of drug-likeness (QED) is 0.659. The second-order valence-electron chi connectivity index (χ2n) is 3.46. The molecule has 0 saturated carbocycles. The first-order valence-corrected chi connectivity index (χ1v) is 5.23. The molecule has 17 heavy (non-hydrogen) atoms. The lowest BCUT2D eigenvalue weighted by molar-refractivity contribution is 0.613. The van der Waals surface area contributed by atoms with Gasteiger partial charge in [0.2, 0.25) is 5.28 Å². The summed E-state index contributed by atoms with van der Waals surface area (Å²) in [5, 5.41) is 0.00342. The molecule has 1 heterocycles. The van der Waals surface area contributed by atoms with Crippen LogP contribution in [0.1, 0.15) is 0 Å². The van der Waals surface area contributed by atoms with Crippen LogP contribution >= 0.6 is 11.6 Å². The van der Waals surface area contributed by atoms with Crippen molar-refractivity contribution in [2.75, 3.05) is 17.7 Å². The van der Waals surface area contributed by atoms with E-state index in [2.05, 4.69) is 9.97 Å². The van der Waals surface area contributed by atoms with Gasteiger partial charge in [0.1, 0.15) is 0 Å². The van der Waals surface area contributed by atoms with Crippen LogP contribution in [-0.4, -0.2) is 17.0 Å². The van der Waals surface area contributed by atoms with E-state index in [4.69, 9.17) is 17.3 Å². The molecule has 0 unspecified atom stereocenters. The molecule has 0 saturated heterocycles. The molecule has 0 aliphatic heterocycles. The zero-order chi connectivity index (χ0) is 12.4. The maximum absolute atomic E-state index is 13.5. The molecule has 0 radical (unpaired) electrons. The molecular formula is C11H10ClFN4. The van der Waals surface area contributed by atoms with Crippen LogP contribution in [0.25, 0.3) is 0 Å². The highest BCUT2D eigenvalue weighted by molar-refractivity contribution is 6.28. The number of nitrogen functional groups attached to an aromatic ring is 1. The summed E-state index contributed by atoms with van der Waals surface area (Å²) in [6.45, 7) is 0. The fourth-order valence-electron chi connectivity index (χ4n) is 1.39. The molecule has 1 aromatic heterocycles. The minimum atomic E-state index is -0.534. The van der Waals surface area contributed by atoms with Gasteiger partial charge in [-0.3, -0.25) is 0 Å². The summed E-state index contributed by atoms with van der Waals surface area (Å²) in [6.07, 6.45) is 1.04. The molecule has 88 valence electrons. The van der Waals surface area contributed by atoms with Gasteiger partial charge in [0.15, 0.2) is 11.6 Å². The largest absolute Gasteiger partial charge is 0.399 e. The molecule has 6 heteroatoms. The van der Waals surface area contributed by atoms with E-state index in [1.165, 1.54) is 0 Å². The van der Waals surface area contributed by atoms with Crippen LogP contribution in [0.3, 0.4) is 0 Å². The normalized spacial score (nSPS) is 10.3. The van der Waals surface area contributed by atoms with E-state index in [1.54, 1.807) is 36.2 Å². The van der Waals surface area contributed by atoms with Crippen LogP contribution in [0.15, 0.2) is 30.5 Å². The van der Waals surface area contributed by atoms with Crippen molar-refractivity contribution in [1.82, 2.24) is 9.97 Å². The fraction of sp³-hybridized carbons (Fsp3) is 0.0909. The molecule has 0 aliphatic rings.